The fourth-order valence-electron chi connectivity index (χ4n) is 3.01. The van der Waals surface area contributed by atoms with Crippen molar-refractivity contribution >= 4 is 5.97 Å². The van der Waals surface area contributed by atoms with Gasteiger partial charge in [0.25, 0.3) is 0 Å². The Morgan fingerprint density at radius 3 is 2.26 bits per heavy atom. The lowest BCUT2D eigenvalue weighted by Crippen LogP contribution is -2.20. The van der Waals surface area contributed by atoms with E-state index in [0.717, 1.165) is 25.7 Å². The molecular weight excluding hydrogens is 236 g/mol. The van der Waals surface area contributed by atoms with Gasteiger partial charge >= 0.3 is 5.97 Å². The molecule has 2 heteroatoms. The molecule has 0 radical (unpaired) electrons. The molecule has 0 amide bonds. The molecule has 0 saturated heterocycles. The molecular formula is C17H24O2. The van der Waals surface area contributed by atoms with Gasteiger partial charge in [-0.1, -0.05) is 38.1 Å². The molecule has 1 aliphatic rings. The number of carbonyl (C=O) groups is 1. The Morgan fingerprint density at radius 1 is 1.21 bits per heavy atom. The third-order valence-corrected chi connectivity index (χ3v) is 4.67. The minimum Gasteiger partial charge on any atom is -0.481 e. The summed E-state index contributed by atoms with van der Waals surface area (Å²) in [7, 11) is 0. The summed E-state index contributed by atoms with van der Waals surface area (Å²) in [6, 6.07) is 8.97. The van der Waals surface area contributed by atoms with Crippen molar-refractivity contribution in [3.05, 3.63) is 35.4 Å². The van der Waals surface area contributed by atoms with E-state index < -0.39 is 5.97 Å². The van der Waals surface area contributed by atoms with Gasteiger partial charge in [-0.05, 0) is 55.1 Å². The highest BCUT2D eigenvalue weighted by molar-refractivity contribution is 5.70. The molecule has 2 rings (SSSR count). The van der Waals surface area contributed by atoms with Crippen LogP contribution in [0, 0.1) is 5.92 Å². The molecule has 1 saturated carbocycles. The standard InChI is InChI=1S/C17H24O2/c1-3-12(2)13-4-6-14(7-5-13)15-8-10-16(11-9-15)17(18)19/h4-7,12,15-16H,3,8-11H2,1-2H3,(H,18,19). The fraction of sp³-hybridized carbons (Fsp3) is 0.588. The van der Waals surface area contributed by atoms with Crippen molar-refractivity contribution in [1.82, 2.24) is 0 Å². The van der Waals surface area contributed by atoms with E-state index >= 15 is 0 Å². The van der Waals surface area contributed by atoms with Crippen LogP contribution in [0.4, 0.5) is 0 Å². The zero-order valence-corrected chi connectivity index (χ0v) is 11.9. The molecule has 2 nitrogen and oxygen atoms in total. The van der Waals surface area contributed by atoms with Crippen LogP contribution in [0.25, 0.3) is 0 Å². The first-order chi connectivity index (χ1) is 9.11. The van der Waals surface area contributed by atoms with Gasteiger partial charge in [0.05, 0.1) is 5.92 Å². The maximum absolute atomic E-state index is 11.0. The molecule has 0 aromatic heterocycles. The molecule has 0 aliphatic heterocycles. The molecule has 0 bridgehead atoms. The molecule has 0 heterocycles. The average molecular weight is 260 g/mol. The first-order valence-electron chi connectivity index (χ1n) is 7.44. The number of hydrogen-bond donors (Lipinski definition) is 1. The van der Waals surface area contributed by atoms with Gasteiger partial charge < -0.3 is 5.11 Å². The molecule has 1 unspecified atom stereocenters. The maximum atomic E-state index is 11.0. The van der Waals surface area contributed by atoms with E-state index in [9.17, 15) is 4.79 Å². The van der Waals surface area contributed by atoms with Crippen molar-refractivity contribution in [2.24, 2.45) is 5.92 Å². The van der Waals surface area contributed by atoms with Gasteiger partial charge in [0, 0.05) is 0 Å². The van der Waals surface area contributed by atoms with Crippen LogP contribution in [-0.4, -0.2) is 11.1 Å². The number of carboxylic acid groups (broad SMARTS) is 1. The van der Waals surface area contributed by atoms with Crippen molar-refractivity contribution in [2.45, 2.75) is 57.8 Å². The lowest BCUT2D eigenvalue weighted by atomic mass is 9.78. The fourth-order valence-corrected chi connectivity index (χ4v) is 3.01. The summed E-state index contributed by atoms with van der Waals surface area (Å²) in [4.78, 5) is 11.0. The SMILES string of the molecule is CCC(C)c1ccc(C2CCC(C(=O)O)CC2)cc1. The third kappa shape index (κ3) is 3.37. The van der Waals surface area contributed by atoms with Crippen LogP contribution in [-0.2, 0) is 4.79 Å². The lowest BCUT2D eigenvalue weighted by Gasteiger charge is -2.26. The quantitative estimate of drug-likeness (QED) is 0.861. The van der Waals surface area contributed by atoms with Gasteiger partial charge in [-0.15, -0.1) is 0 Å². The number of rotatable bonds is 4. The van der Waals surface area contributed by atoms with E-state index in [-0.39, 0.29) is 5.92 Å². The summed E-state index contributed by atoms with van der Waals surface area (Å²) >= 11 is 0. The molecule has 1 aromatic carbocycles. The van der Waals surface area contributed by atoms with E-state index in [0.29, 0.717) is 11.8 Å². The van der Waals surface area contributed by atoms with Crippen LogP contribution in [0.3, 0.4) is 0 Å². The predicted octanol–water partition coefficient (Wildman–Crippen LogP) is 4.56. The van der Waals surface area contributed by atoms with Gasteiger partial charge in [-0.25, -0.2) is 0 Å². The Labute approximate surface area is 115 Å². The van der Waals surface area contributed by atoms with E-state index in [1.165, 1.54) is 17.5 Å². The van der Waals surface area contributed by atoms with Gasteiger partial charge in [0.15, 0.2) is 0 Å². The molecule has 1 aliphatic carbocycles. The highest BCUT2D eigenvalue weighted by Gasteiger charge is 2.26. The second-order valence-electron chi connectivity index (χ2n) is 5.86. The van der Waals surface area contributed by atoms with Crippen LogP contribution < -0.4 is 0 Å². The lowest BCUT2D eigenvalue weighted by molar-refractivity contribution is -0.142. The normalized spacial score (nSPS) is 24.9. The minimum absolute atomic E-state index is 0.115. The summed E-state index contributed by atoms with van der Waals surface area (Å²) < 4.78 is 0. The first-order valence-corrected chi connectivity index (χ1v) is 7.44. The Kier molecular flexibility index (Phi) is 4.62. The number of hydrogen-bond acceptors (Lipinski definition) is 1. The summed E-state index contributed by atoms with van der Waals surface area (Å²) in [5, 5.41) is 9.02. The summed E-state index contributed by atoms with van der Waals surface area (Å²) in [6.45, 7) is 4.47. The molecule has 1 atom stereocenters. The molecule has 0 spiro atoms. The minimum atomic E-state index is -0.620. The summed E-state index contributed by atoms with van der Waals surface area (Å²) in [5.41, 5.74) is 2.79. The monoisotopic (exact) mass is 260 g/mol. The van der Waals surface area contributed by atoms with Crippen LogP contribution in [0.5, 0.6) is 0 Å². The Hall–Kier alpha value is -1.31. The topological polar surface area (TPSA) is 37.3 Å². The number of aliphatic carboxylic acids is 1. The predicted molar refractivity (Wildman–Crippen MR) is 77.5 cm³/mol. The van der Waals surface area contributed by atoms with Crippen molar-refractivity contribution in [3.8, 4) is 0 Å². The smallest absolute Gasteiger partial charge is 0.306 e. The average Bonchev–Trinajstić information content (AvgIpc) is 2.46. The largest absolute Gasteiger partial charge is 0.481 e. The van der Waals surface area contributed by atoms with Gasteiger partial charge in [-0.2, -0.15) is 0 Å². The van der Waals surface area contributed by atoms with Crippen molar-refractivity contribution in [1.29, 1.82) is 0 Å². The van der Waals surface area contributed by atoms with E-state index in [1.54, 1.807) is 0 Å². The van der Waals surface area contributed by atoms with Crippen LogP contribution in [0.1, 0.15) is 68.9 Å². The Bertz CT molecular complexity index is 413. The van der Waals surface area contributed by atoms with Crippen LogP contribution in [0.2, 0.25) is 0 Å². The molecule has 1 N–H and O–H groups in total. The zero-order chi connectivity index (χ0) is 13.8. The zero-order valence-electron chi connectivity index (χ0n) is 11.9. The van der Waals surface area contributed by atoms with Gasteiger partial charge in [-0.3, -0.25) is 4.79 Å². The van der Waals surface area contributed by atoms with Crippen LogP contribution >= 0.6 is 0 Å². The molecule has 1 aromatic rings. The molecule has 1 fully saturated rings. The summed E-state index contributed by atoms with van der Waals surface area (Å²) in [5.74, 6) is 0.444. The second-order valence-corrected chi connectivity index (χ2v) is 5.86. The van der Waals surface area contributed by atoms with Gasteiger partial charge in [0.1, 0.15) is 0 Å². The van der Waals surface area contributed by atoms with E-state index in [2.05, 4.69) is 38.1 Å². The Morgan fingerprint density at radius 2 is 1.79 bits per heavy atom. The van der Waals surface area contributed by atoms with Crippen molar-refractivity contribution < 1.29 is 9.90 Å². The molecule has 19 heavy (non-hydrogen) atoms. The van der Waals surface area contributed by atoms with Crippen molar-refractivity contribution in [3.63, 3.8) is 0 Å². The van der Waals surface area contributed by atoms with Gasteiger partial charge in [0.2, 0.25) is 0 Å². The second kappa shape index (κ2) is 6.23. The highest BCUT2D eigenvalue weighted by Crippen LogP contribution is 2.36. The van der Waals surface area contributed by atoms with Crippen molar-refractivity contribution in [2.75, 3.05) is 0 Å². The molecule has 104 valence electrons. The van der Waals surface area contributed by atoms with Crippen LogP contribution in [0.15, 0.2) is 24.3 Å². The number of benzene rings is 1. The van der Waals surface area contributed by atoms with E-state index in [1.807, 2.05) is 0 Å². The highest BCUT2D eigenvalue weighted by atomic mass is 16.4. The van der Waals surface area contributed by atoms with E-state index in [4.69, 9.17) is 5.11 Å². The maximum Gasteiger partial charge on any atom is 0.306 e. The third-order valence-electron chi connectivity index (χ3n) is 4.67. The summed E-state index contributed by atoms with van der Waals surface area (Å²) in [6.07, 6.45) is 4.85. The first kappa shape index (κ1) is 14.1. The number of carboxylic acids is 1. The Balaban J connectivity index is 1.98.